The maximum absolute atomic E-state index is 12.5. The van der Waals surface area contributed by atoms with Crippen molar-refractivity contribution < 1.29 is 19.2 Å². The Labute approximate surface area is 139 Å². The summed E-state index contributed by atoms with van der Waals surface area (Å²) in [5, 5.41) is 12.8. The number of likely N-dealkylation sites (tertiary alicyclic amines) is 1. The zero-order valence-corrected chi connectivity index (χ0v) is 13.4. The second-order valence-electron chi connectivity index (χ2n) is 6.04. The van der Waals surface area contributed by atoms with E-state index < -0.39 is 5.97 Å². The van der Waals surface area contributed by atoms with Gasteiger partial charge in [-0.15, -0.1) is 0 Å². The van der Waals surface area contributed by atoms with Gasteiger partial charge in [0.05, 0.1) is 17.9 Å². The Bertz CT molecular complexity index is 756. The minimum atomic E-state index is -0.992. The maximum atomic E-state index is 12.5. The van der Waals surface area contributed by atoms with Gasteiger partial charge in [0.25, 0.3) is 0 Å². The van der Waals surface area contributed by atoms with E-state index >= 15 is 0 Å². The Balaban J connectivity index is 1.66. The van der Waals surface area contributed by atoms with Crippen LogP contribution in [-0.4, -0.2) is 45.1 Å². The van der Waals surface area contributed by atoms with Crippen molar-refractivity contribution in [3.63, 3.8) is 0 Å². The number of carbonyl (C=O) groups is 2. The van der Waals surface area contributed by atoms with Gasteiger partial charge < -0.3 is 14.5 Å². The maximum Gasteiger partial charge on any atom is 0.335 e. The molecule has 1 atom stereocenters. The number of rotatable bonds is 4. The highest BCUT2D eigenvalue weighted by Gasteiger charge is 2.28. The Kier molecular flexibility index (Phi) is 4.59. The molecule has 1 saturated heterocycles. The fourth-order valence-corrected chi connectivity index (χ4v) is 2.98. The van der Waals surface area contributed by atoms with E-state index in [0.29, 0.717) is 30.4 Å². The second kappa shape index (κ2) is 6.82. The number of aryl methyl sites for hydroxylation is 1. The number of carbonyl (C=O) groups excluding carboxylic acids is 1. The van der Waals surface area contributed by atoms with Gasteiger partial charge >= 0.3 is 5.97 Å². The molecule has 1 aromatic carbocycles. The van der Waals surface area contributed by atoms with Crippen LogP contribution in [0.1, 0.15) is 46.4 Å². The number of amides is 1. The molecule has 2 heterocycles. The summed E-state index contributed by atoms with van der Waals surface area (Å²) in [6.07, 6.45) is 1.99. The van der Waals surface area contributed by atoms with Crippen molar-refractivity contribution in [3.05, 3.63) is 47.1 Å². The van der Waals surface area contributed by atoms with Crippen molar-refractivity contribution in [2.75, 3.05) is 13.1 Å². The molecular formula is C17H19N3O4. The van der Waals surface area contributed by atoms with Crippen molar-refractivity contribution in [2.24, 2.45) is 0 Å². The van der Waals surface area contributed by atoms with E-state index in [1.165, 1.54) is 6.07 Å². The van der Waals surface area contributed by atoms with Gasteiger partial charge in [-0.3, -0.25) is 4.79 Å². The predicted molar refractivity (Wildman–Crippen MR) is 84.7 cm³/mol. The van der Waals surface area contributed by atoms with Gasteiger partial charge in [-0.25, -0.2) is 4.79 Å². The Morgan fingerprint density at radius 2 is 2.25 bits per heavy atom. The monoisotopic (exact) mass is 329 g/mol. The van der Waals surface area contributed by atoms with E-state index in [-0.39, 0.29) is 23.8 Å². The van der Waals surface area contributed by atoms with Crippen LogP contribution < -0.4 is 0 Å². The Morgan fingerprint density at radius 3 is 2.96 bits per heavy atom. The molecule has 1 aliphatic heterocycles. The quantitative estimate of drug-likeness (QED) is 0.922. The summed E-state index contributed by atoms with van der Waals surface area (Å²) in [6.45, 7) is 3.02. The third-order valence-electron chi connectivity index (χ3n) is 4.20. The smallest absolute Gasteiger partial charge is 0.335 e. The fraction of sp³-hybridized carbons (Fsp3) is 0.412. The minimum absolute atomic E-state index is 0.0153. The van der Waals surface area contributed by atoms with Crippen LogP contribution >= 0.6 is 0 Å². The largest absolute Gasteiger partial charge is 0.478 e. The molecule has 7 nitrogen and oxygen atoms in total. The first-order chi connectivity index (χ1) is 11.5. The summed E-state index contributed by atoms with van der Waals surface area (Å²) in [5.74, 6) is 0.235. The molecule has 0 aliphatic carbocycles. The topological polar surface area (TPSA) is 96.5 Å². The van der Waals surface area contributed by atoms with E-state index in [4.69, 9.17) is 9.63 Å². The fourth-order valence-electron chi connectivity index (χ4n) is 2.98. The number of carboxylic acids is 1. The zero-order valence-electron chi connectivity index (χ0n) is 13.4. The molecule has 0 saturated carbocycles. The van der Waals surface area contributed by atoms with Crippen LogP contribution in [0.3, 0.4) is 0 Å². The number of hydrogen-bond donors (Lipinski definition) is 1. The summed E-state index contributed by atoms with van der Waals surface area (Å²) in [5.41, 5.74) is 0.897. The van der Waals surface area contributed by atoms with E-state index in [0.717, 1.165) is 12.8 Å². The number of nitrogens with zero attached hydrogens (tertiary/aromatic N) is 3. The van der Waals surface area contributed by atoms with E-state index in [9.17, 15) is 9.59 Å². The van der Waals surface area contributed by atoms with Gasteiger partial charge in [-0.2, -0.15) is 4.98 Å². The molecule has 0 spiro atoms. The van der Waals surface area contributed by atoms with E-state index in [2.05, 4.69) is 10.1 Å². The first-order valence-corrected chi connectivity index (χ1v) is 7.93. The summed E-state index contributed by atoms with van der Waals surface area (Å²) in [4.78, 5) is 29.6. The zero-order chi connectivity index (χ0) is 17.1. The molecule has 3 rings (SSSR count). The van der Waals surface area contributed by atoms with E-state index in [1.807, 2.05) is 0 Å². The molecule has 1 fully saturated rings. The second-order valence-corrected chi connectivity index (χ2v) is 6.04. The molecule has 1 aliphatic rings. The molecule has 0 bridgehead atoms. The number of piperidine rings is 1. The predicted octanol–water partition coefficient (Wildman–Crippen LogP) is 2.02. The van der Waals surface area contributed by atoms with Gasteiger partial charge in [0, 0.05) is 13.1 Å². The van der Waals surface area contributed by atoms with Gasteiger partial charge in [0.2, 0.25) is 11.8 Å². The van der Waals surface area contributed by atoms with Crippen LogP contribution in [0.15, 0.2) is 28.8 Å². The molecule has 126 valence electrons. The molecule has 1 N–H and O–H groups in total. The lowest BCUT2D eigenvalue weighted by molar-refractivity contribution is -0.131. The molecule has 2 aromatic rings. The number of hydrogen-bond acceptors (Lipinski definition) is 5. The molecule has 1 aromatic heterocycles. The highest BCUT2D eigenvalue weighted by molar-refractivity contribution is 5.88. The van der Waals surface area contributed by atoms with E-state index in [1.54, 1.807) is 30.0 Å². The first-order valence-electron chi connectivity index (χ1n) is 7.93. The van der Waals surface area contributed by atoms with Crippen LogP contribution in [-0.2, 0) is 11.2 Å². The minimum Gasteiger partial charge on any atom is -0.478 e. The van der Waals surface area contributed by atoms with Crippen LogP contribution in [0, 0.1) is 6.92 Å². The molecule has 0 radical (unpaired) electrons. The van der Waals surface area contributed by atoms with Crippen molar-refractivity contribution in [3.8, 4) is 0 Å². The molecular weight excluding hydrogens is 310 g/mol. The Hall–Kier alpha value is -2.70. The van der Waals surface area contributed by atoms with Gasteiger partial charge in [-0.05, 0) is 37.5 Å². The van der Waals surface area contributed by atoms with Gasteiger partial charge in [-0.1, -0.05) is 17.3 Å². The van der Waals surface area contributed by atoms with Crippen molar-refractivity contribution in [1.82, 2.24) is 15.0 Å². The molecule has 1 amide bonds. The van der Waals surface area contributed by atoms with Crippen LogP contribution in [0.2, 0.25) is 0 Å². The summed E-state index contributed by atoms with van der Waals surface area (Å²) < 4.78 is 5.23. The number of aromatic nitrogens is 2. The molecule has 1 unspecified atom stereocenters. The first kappa shape index (κ1) is 16.2. The van der Waals surface area contributed by atoms with Crippen molar-refractivity contribution in [1.29, 1.82) is 0 Å². The van der Waals surface area contributed by atoms with Crippen LogP contribution in [0.4, 0.5) is 0 Å². The third-order valence-corrected chi connectivity index (χ3v) is 4.20. The number of carboxylic acid groups (broad SMARTS) is 1. The summed E-state index contributed by atoms with van der Waals surface area (Å²) in [7, 11) is 0. The highest BCUT2D eigenvalue weighted by Crippen LogP contribution is 2.26. The highest BCUT2D eigenvalue weighted by atomic mass is 16.5. The lowest BCUT2D eigenvalue weighted by atomic mass is 9.97. The average Bonchev–Trinajstić information content (AvgIpc) is 3.02. The van der Waals surface area contributed by atoms with Crippen molar-refractivity contribution >= 4 is 11.9 Å². The SMILES string of the molecule is Cc1noc(C2CCCN(C(=O)Cc3cccc(C(=O)O)c3)C2)n1. The lowest BCUT2D eigenvalue weighted by Gasteiger charge is -2.31. The van der Waals surface area contributed by atoms with Crippen molar-refractivity contribution in [2.45, 2.75) is 32.1 Å². The van der Waals surface area contributed by atoms with Gasteiger partial charge in [0.1, 0.15) is 0 Å². The lowest BCUT2D eigenvalue weighted by Crippen LogP contribution is -2.40. The average molecular weight is 329 g/mol. The normalized spacial score (nSPS) is 17.7. The summed E-state index contributed by atoms with van der Waals surface area (Å²) >= 11 is 0. The molecule has 24 heavy (non-hydrogen) atoms. The Morgan fingerprint density at radius 1 is 1.42 bits per heavy atom. The third kappa shape index (κ3) is 3.61. The van der Waals surface area contributed by atoms with Crippen LogP contribution in [0.5, 0.6) is 0 Å². The summed E-state index contributed by atoms with van der Waals surface area (Å²) in [6, 6.07) is 6.49. The van der Waals surface area contributed by atoms with Crippen LogP contribution in [0.25, 0.3) is 0 Å². The number of benzene rings is 1. The standard InChI is InChI=1S/C17H19N3O4/c1-11-18-16(24-19-11)14-6-3-7-20(10-14)15(21)9-12-4-2-5-13(8-12)17(22)23/h2,4-5,8,14H,3,6-7,9-10H2,1H3,(H,22,23). The number of aromatic carboxylic acids is 1. The molecule has 7 heteroatoms. The van der Waals surface area contributed by atoms with Gasteiger partial charge in [0.15, 0.2) is 5.82 Å².